The zero-order valence-corrected chi connectivity index (χ0v) is 17.7. The Balaban J connectivity index is 1.67. The van der Waals surface area contributed by atoms with Crippen molar-refractivity contribution in [3.05, 3.63) is 36.9 Å². The molecule has 1 fully saturated rings. The third-order valence-corrected chi connectivity index (χ3v) is 8.24. The van der Waals surface area contributed by atoms with Crippen LogP contribution in [0.25, 0.3) is 0 Å². The summed E-state index contributed by atoms with van der Waals surface area (Å²) < 4.78 is 28.0. The molecule has 2 aromatic heterocycles. The Morgan fingerprint density at radius 2 is 1.86 bits per heavy atom. The van der Waals surface area contributed by atoms with Gasteiger partial charge in [-0.05, 0) is 20.8 Å². The number of aromatic amines is 1. The van der Waals surface area contributed by atoms with Gasteiger partial charge in [0.15, 0.2) is 4.21 Å². The molecule has 1 saturated heterocycles. The number of thiazole rings is 1. The van der Waals surface area contributed by atoms with Crippen molar-refractivity contribution >= 4 is 33.0 Å². The maximum absolute atomic E-state index is 12.7. The van der Waals surface area contributed by atoms with Gasteiger partial charge in [0, 0.05) is 31.9 Å². The lowest BCUT2D eigenvalue weighted by atomic mass is 10.3. The van der Waals surface area contributed by atoms with Crippen molar-refractivity contribution in [3.8, 4) is 0 Å². The highest BCUT2D eigenvalue weighted by molar-refractivity contribution is 7.91. The largest absolute Gasteiger partial charge is 0.338 e. The van der Waals surface area contributed by atoms with Crippen molar-refractivity contribution in [1.29, 1.82) is 0 Å². The fourth-order valence-electron chi connectivity index (χ4n) is 3.27. The van der Waals surface area contributed by atoms with Crippen molar-refractivity contribution in [2.24, 2.45) is 0 Å². The molecule has 0 bridgehead atoms. The number of rotatable bonds is 5. The van der Waals surface area contributed by atoms with Gasteiger partial charge in [-0.3, -0.25) is 24.4 Å². The predicted molar refractivity (Wildman–Crippen MR) is 103 cm³/mol. The predicted octanol–water partition coefficient (Wildman–Crippen LogP) is -0.000540. The highest BCUT2D eigenvalue weighted by Crippen LogP contribution is 2.23. The summed E-state index contributed by atoms with van der Waals surface area (Å²) in [7, 11) is -3.81. The molecular weight excluding hydrogens is 424 g/mol. The van der Waals surface area contributed by atoms with Crippen molar-refractivity contribution in [2.45, 2.75) is 31.5 Å². The average Bonchev–Trinajstić information content (AvgIpc) is 3.13. The van der Waals surface area contributed by atoms with Gasteiger partial charge in [-0.15, -0.1) is 0 Å². The van der Waals surface area contributed by atoms with E-state index >= 15 is 0 Å². The Bertz CT molecular complexity index is 1120. The second-order valence-electron chi connectivity index (χ2n) is 6.65. The topological polar surface area (TPSA) is 152 Å². The maximum atomic E-state index is 12.7. The molecule has 3 rings (SSSR count). The number of carbonyl (C=O) groups excluding carboxylic acids is 1. The first-order chi connectivity index (χ1) is 13.5. The molecule has 0 atom stereocenters. The van der Waals surface area contributed by atoms with E-state index in [4.69, 9.17) is 0 Å². The molecule has 1 amide bonds. The molecule has 3 heterocycles. The van der Waals surface area contributed by atoms with Crippen molar-refractivity contribution < 1.29 is 18.1 Å². The molecule has 29 heavy (non-hydrogen) atoms. The number of aromatic nitrogens is 3. The minimum atomic E-state index is -3.81. The first-order valence-corrected chi connectivity index (χ1v) is 10.9. The summed E-state index contributed by atoms with van der Waals surface area (Å²) >= 11 is 0.643. The molecular formula is C15H20N6O6S2. The van der Waals surface area contributed by atoms with E-state index in [1.807, 2.05) is 0 Å². The molecule has 1 N–H and O–H groups in total. The zero-order chi connectivity index (χ0) is 21.5. The van der Waals surface area contributed by atoms with Gasteiger partial charge in [0.05, 0.1) is 4.92 Å². The fourth-order valence-corrected chi connectivity index (χ4v) is 6.12. The van der Waals surface area contributed by atoms with Crippen LogP contribution in [-0.4, -0.2) is 69.4 Å². The lowest BCUT2D eigenvalue weighted by molar-refractivity contribution is -0.386. The number of amides is 1. The zero-order valence-electron chi connectivity index (χ0n) is 16.0. The van der Waals surface area contributed by atoms with Gasteiger partial charge in [-0.25, -0.2) is 8.42 Å². The standard InChI is InChI=1S/C15H20N6O6S2/c1-9-13(21(24)25)11(3)20(17-9)8-12(22)18-4-6-19(7-5-18)29(26,27)14-10(2)16-15(23)28-14/h4-8H2,1-3H3,(H,16,23). The maximum Gasteiger partial charge on any atom is 0.312 e. The molecule has 1 aliphatic heterocycles. The lowest BCUT2D eigenvalue weighted by Crippen LogP contribution is -2.51. The Hall–Kier alpha value is -2.58. The normalized spacial score (nSPS) is 15.6. The van der Waals surface area contributed by atoms with Crippen LogP contribution in [0.3, 0.4) is 0 Å². The highest BCUT2D eigenvalue weighted by atomic mass is 32.2. The van der Waals surface area contributed by atoms with Gasteiger partial charge >= 0.3 is 10.6 Å². The Morgan fingerprint density at radius 3 is 2.34 bits per heavy atom. The Kier molecular flexibility index (Phi) is 5.60. The monoisotopic (exact) mass is 444 g/mol. The van der Waals surface area contributed by atoms with E-state index in [9.17, 15) is 28.1 Å². The summed E-state index contributed by atoms with van der Waals surface area (Å²) in [6.45, 7) is 4.95. The van der Waals surface area contributed by atoms with Crippen LogP contribution in [0.2, 0.25) is 0 Å². The molecule has 0 aromatic carbocycles. The van der Waals surface area contributed by atoms with E-state index in [-0.39, 0.29) is 54.2 Å². The van der Waals surface area contributed by atoms with E-state index < -0.39 is 19.8 Å². The fraction of sp³-hybridized carbons (Fsp3) is 0.533. The van der Waals surface area contributed by atoms with Crippen molar-refractivity contribution in [3.63, 3.8) is 0 Å². The second kappa shape index (κ2) is 7.68. The molecule has 0 unspecified atom stereocenters. The Morgan fingerprint density at radius 1 is 1.24 bits per heavy atom. The van der Waals surface area contributed by atoms with Crippen LogP contribution < -0.4 is 4.87 Å². The Labute approximate surface area is 169 Å². The number of nitrogens with zero attached hydrogens (tertiary/aromatic N) is 5. The van der Waals surface area contributed by atoms with Crippen LogP contribution in [0, 0.1) is 30.9 Å². The van der Waals surface area contributed by atoms with Crippen molar-refractivity contribution in [1.82, 2.24) is 24.0 Å². The molecule has 1 aliphatic rings. The van der Waals surface area contributed by atoms with E-state index in [1.54, 1.807) is 0 Å². The first kappa shape index (κ1) is 21.1. The van der Waals surface area contributed by atoms with Crippen molar-refractivity contribution in [2.75, 3.05) is 26.2 Å². The summed E-state index contributed by atoms with van der Waals surface area (Å²) in [5, 5.41) is 15.2. The first-order valence-electron chi connectivity index (χ1n) is 8.68. The molecule has 2 aromatic rings. The minimum Gasteiger partial charge on any atom is -0.338 e. The molecule has 14 heteroatoms. The second-order valence-corrected chi connectivity index (χ2v) is 9.76. The van der Waals surface area contributed by atoms with E-state index in [1.165, 1.54) is 34.7 Å². The van der Waals surface area contributed by atoms with Gasteiger partial charge in [0.2, 0.25) is 5.91 Å². The van der Waals surface area contributed by atoms with E-state index in [0.717, 1.165) is 0 Å². The smallest absolute Gasteiger partial charge is 0.312 e. The minimum absolute atomic E-state index is 0.0165. The van der Waals surface area contributed by atoms with Gasteiger partial charge in [0.1, 0.15) is 17.9 Å². The number of piperazine rings is 1. The number of H-pyrrole nitrogens is 1. The van der Waals surface area contributed by atoms with Crippen LogP contribution in [0.1, 0.15) is 17.1 Å². The summed E-state index contributed by atoms with van der Waals surface area (Å²) in [6, 6.07) is 0. The van der Waals surface area contributed by atoms with Gasteiger partial charge in [-0.2, -0.15) is 9.40 Å². The number of carbonyl (C=O) groups is 1. The number of aryl methyl sites for hydroxylation is 2. The molecule has 12 nitrogen and oxygen atoms in total. The third kappa shape index (κ3) is 3.95. The average molecular weight is 444 g/mol. The van der Waals surface area contributed by atoms with Gasteiger partial charge in [-0.1, -0.05) is 11.3 Å². The molecule has 0 saturated carbocycles. The highest BCUT2D eigenvalue weighted by Gasteiger charge is 2.33. The summed E-state index contributed by atoms with van der Waals surface area (Å²) in [5.41, 5.74) is 0.705. The molecule has 0 radical (unpaired) electrons. The number of hydrogen-bond donors (Lipinski definition) is 1. The number of nitro groups is 1. The quantitative estimate of drug-likeness (QED) is 0.503. The van der Waals surface area contributed by atoms with Gasteiger partial charge in [0.25, 0.3) is 10.0 Å². The van der Waals surface area contributed by atoms with Crippen LogP contribution in [0.5, 0.6) is 0 Å². The number of sulfonamides is 1. The van der Waals surface area contributed by atoms with Gasteiger partial charge < -0.3 is 9.88 Å². The molecule has 0 aliphatic carbocycles. The lowest BCUT2D eigenvalue weighted by Gasteiger charge is -2.33. The number of nitrogens with one attached hydrogen (secondary N) is 1. The molecule has 0 spiro atoms. The van der Waals surface area contributed by atoms with E-state index in [0.29, 0.717) is 22.7 Å². The molecule has 158 valence electrons. The van der Waals surface area contributed by atoms with Crippen LogP contribution in [-0.2, 0) is 21.4 Å². The summed E-state index contributed by atoms with van der Waals surface area (Å²) in [5.74, 6) is -0.301. The SMILES string of the molecule is Cc1nn(CC(=O)N2CCN(S(=O)(=O)c3sc(=O)[nH]c3C)CC2)c(C)c1[N+](=O)[O-]. The summed E-state index contributed by atoms with van der Waals surface area (Å²) in [6.07, 6.45) is 0. The van der Waals surface area contributed by atoms with E-state index in [2.05, 4.69) is 10.1 Å². The van der Waals surface area contributed by atoms with Crippen LogP contribution in [0.15, 0.2) is 9.00 Å². The number of hydrogen-bond acceptors (Lipinski definition) is 8. The van der Waals surface area contributed by atoms with Crippen LogP contribution >= 0.6 is 11.3 Å². The third-order valence-electron chi connectivity index (χ3n) is 4.76. The summed E-state index contributed by atoms with van der Waals surface area (Å²) in [4.78, 5) is 38.1. The van der Waals surface area contributed by atoms with Crippen LogP contribution in [0.4, 0.5) is 5.69 Å².